The van der Waals surface area contributed by atoms with E-state index in [1.165, 1.54) is 19.4 Å². The molecule has 2 fully saturated rings. The van der Waals surface area contributed by atoms with Crippen LogP contribution < -0.4 is 0 Å². The van der Waals surface area contributed by atoms with Crippen LogP contribution in [-0.2, 0) is 0 Å². The average Bonchev–Trinajstić information content (AvgIpc) is 2.85. The number of hydrogen-bond acceptors (Lipinski definition) is 3. The molecule has 0 saturated carbocycles. The molecule has 2 aliphatic rings. The maximum absolute atomic E-state index is 12.3. The Hall–Kier alpha value is -1.13. The molecule has 4 nitrogen and oxygen atoms in total. The number of pyridine rings is 1. The van der Waals surface area contributed by atoms with Crippen molar-refractivity contribution in [1.82, 2.24) is 14.8 Å². The van der Waals surface area contributed by atoms with E-state index in [0.717, 1.165) is 19.6 Å². The normalized spacial score (nSPS) is 24.1. The third-order valence-corrected chi connectivity index (χ3v) is 4.02. The summed E-state index contributed by atoms with van der Waals surface area (Å²) < 4.78 is 0. The number of amides is 1. The van der Waals surface area contributed by atoms with Crippen LogP contribution in [0.15, 0.2) is 18.2 Å². The van der Waals surface area contributed by atoms with Gasteiger partial charge in [-0.25, -0.2) is 4.98 Å². The summed E-state index contributed by atoms with van der Waals surface area (Å²) >= 11 is 5.83. The topological polar surface area (TPSA) is 36.4 Å². The van der Waals surface area contributed by atoms with Gasteiger partial charge < -0.3 is 4.90 Å². The first-order valence-corrected chi connectivity index (χ1v) is 6.78. The lowest BCUT2D eigenvalue weighted by molar-refractivity contribution is 0.0566. The van der Waals surface area contributed by atoms with Gasteiger partial charge >= 0.3 is 0 Å². The number of halogens is 1. The van der Waals surface area contributed by atoms with Gasteiger partial charge in [0.1, 0.15) is 10.8 Å². The van der Waals surface area contributed by atoms with Gasteiger partial charge in [0, 0.05) is 25.7 Å². The van der Waals surface area contributed by atoms with Crippen molar-refractivity contribution < 1.29 is 4.79 Å². The number of rotatable bonds is 1. The fraction of sp³-hybridized carbons (Fsp3) is 0.538. The number of nitrogens with zero attached hydrogens (tertiary/aromatic N) is 3. The molecule has 1 amide bonds. The van der Waals surface area contributed by atoms with Crippen LogP contribution >= 0.6 is 11.6 Å². The molecule has 18 heavy (non-hydrogen) atoms. The summed E-state index contributed by atoms with van der Waals surface area (Å²) in [6, 6.07) is 5.73. The molecule has 0 bridgehead atoms. The molecule has 0 spiro atoms. The number of carbonyl (C=O) groups is 1. The Labute approximate surface area is 112 Å². The SMILES string of the molecule is O=C(c1cccc(Cl)n1)N1CCN2CCCC2C1. The van der Waals surface area contributed by atoms with E-state index in [1.807, 2.05) is 4.90 Å². The maximum atomic E-state index is 12.3. The molecule has 2 aliphatic heterocycles. The van der Waals surface area contributed by atoms with Crippen LogP contribution in [0.3, 0.4) is 0 Å². The predicted molar refractivity (Wildman–Crippen MR) is 69.7 cm³/mol. The Morgan fingerprint density at radius 2 is 2.22 bits per heavy atom. The van der Waals surface area contributed by atoms with Crippen LogP contribution in [0.1, 0.15) is 23.3 Å². The van der Waals surface area contributed by atoms with E-state index in [-0.39, 0.29) is 5.91 Å². The molecule has 3 rings (SSSR count). The van der Waals surface area contributed by atoms with Crippen LogP contribution in [0.2, 0.25) is 5.15 Å². The van der Waals surface area contributed by atoms with Crippen molar-refractivity contribution in [2.75, 3.05) is 26.2 Å². The van der Waals surface area contributed by atoms with Gasteiger partial charge in [-0.3, -0.25) is 9.69 Å². The average molecular weight is 266 g/mol. The molecule has 0 N–H and O–H groups in total. The molecule has 96 valence electrons. The zero-order chi connectivity index (χ0) is 12.5. The fourth-order valence-corrected chi connectivity index (χ4v) is 3.03. The molecule has 1 aromatic rings. The van der Waals surface area contributed by atoms with Gasteiger partial charge in [-0.2, -0.15) is 0 Å². The zero-order valence-electron chi connectivity index (χ0n) is 10.2. The third-order valence-electron chi connectivity index (χ3n) is 3.81. The molecule has 0 aromatic carbocycles. The van der Waals surface area contributed by atoms with Crippen molar-refractivity contribution in [1.29, 1.82) is 0 Å². The molecule has 2 saturated heterocycles. The van der Waals surface area contributed by atoms with Crippen LogP contribution in [0.4, 0.5) is 0 Å². The van der Waals surface area contributed by atoms with Crippen molar-refractivity contribution in [3.05, 3.63) is 29.0 Å². The second-order valence-corrected chi connectivity index (χ2v) is 5.32. The summed E-state index contributed by atoms with van der Waals surface area (Å²) in [7, 11) is 0. The van der Waals surface area contributed by atoms with E-state index >= 15 is 0 Å². The fourth-order valence-electron chi connectivity index (χ4n) is 2.86. The molecule has 3 heterocycles. The molecule has 1 aromatic heterocycles. The van der Waals surface area contributed by atoms with Gasteiger partial charge in [0.05, 0.1) is 0 Å². The Morgan fingerprint density at radius 1 is 1.33 bits per heavy atom. The standard InChI is InChI=1S/C13H16ClN3O/c14-12-5-1-4-11(15-12)13(18)17-8-7-16-6-2-3-10(16)9-17/h1,4-5,10H,2-3,6-9H2. The third kappa shape index (κ3) is 2.22. The monoisotopic (exact) mass is 265 g/mol. The molecule has 1 unspecified atom stereocenters. The highest BCUT2D eigenvalue weighted by molar-refractivity contribution is 6.29. The minimum absolute atomic E-state index is 0.00375. The number of fused-ring (bicyclic) bond motifs is 1. The first kappa shape index (κ1) is 11.9. The zero-order valence-corrected chi connectivity index (χ0v) is 10.9. The highest BCUT2D eigenvalue weighted by Crippen LogP contribution is 2.22. The first-order valence-electron chi connectivity index (χ1n) is 6.40. The number of aromatic nitrogens is 1. The summed E-state index contributed by atoms with van der Waals surface area (Å²) in [5.41, 5.74) is 0.453. The van der Waals surface area contributed by atoms with Crippen molar-refractivity contribution in [3.8, 4) is 0 Å². The molecule has 0 radical (unpaired) electrons. The Bertz CT molecular complexity index is 465. The van der Waals surface area contributed by atoms with E-state index in [0.29, 0.717) is 16.9 Å². The molecule has 5 heteroatoms. The van der Waals surface area contributed by atoms with Crippen molar-refractivity contribution in [2.45, 2.75) is 18.9 Å². The second-order valence-electron chi connectivity index (χ2n) is 4.93. The van der Waals surface area contributed by atoms with E-state index < -0.39 is 0 Å². The number of hydrogen-bond donors (Lipinski definition) is 0. The van der Waals surface area contributed by atoms with E-state index in [9.17, 15) is 4.79 Å². The van der Waals surface area contributed by atoms with Crippen LogP contribution in [0, 0.1) is 0 Å². The summed E-state index contributed by atoms with van der Waals surface area (Å²) in [6.45, 7) is 3.79. The van der Waals surface area contributed by atoms with Crippen molar-refractivity contribution in [2.24, 2.45) is 0 Å². The lowest BCUT2D eigenvalue weighted by Crippen LogP contribution is -2.52. The molecule has 0 aliphatic carbocycles. The Morgan fingerprint density at radius 3 is 3.06 bits per heavy atom. The van der Waals surface area contributed by atoms with Gasteiger partial charge in [0.2, 0.25) is 0 Å². The number of carbonyl (C=O) groups excluding carboxylic acids is 1. The van der Waals surface area contributed by atoms with Crippen molar-refractivity contribution in [3.63, 3.8) is 0 Å². The van der Waals surface area contributed by atoms with E-state index in [1.54, 1.807) is 18.2 Å². The minimum atomic E-state index is 0.00375. The maximum Gasteiger partial charge on any atom is 0.272 e. The Kier molecular flexibility index (Phi) is 3.22. The largest absolute Gasteiger partial charge is 0.334 e. The lowest BCUT2D eigenvalue weighted by atomic mass is 10.1. The molecular weight excluding hydrogens is 250 g/mol. The molecule has 1 atom stereocenters. The van der Waals surface area contributed by atoms with Crippen LogP contribution in [0.25, 0.3) is 0 Å². The van der Waals surface area contributed by atoms with Crippen molar-refractivity contribution >= 4 is 17.5 Å². The molecular formula is C13H16ClN3O. The summed E-state index contributed by atoms with van der Waals surface area (Å²) in [5.74, 6) is 0.00375. The summed E-state index contributed by atoms with van der Waals surface area (Å²) in [6.07, 6.45) is 2.45. The van der Waals surface area contributed by atoms with Gasteiger partial charge in [-0.05, 0) is 31.5 Å². The summed E-state index contributed by atoms with van der Waals surface area (Å²) in [4.78, 5) is 20.8. The highest BCUT2D eigenvalue weighted by Gasteiger charge is 2.33. The summed E-state index contributed by atoms with van der Waals surface area (Å²) in [5, 5.41) is 0.375. The first-order chi connectivity index (χ1) is 8.74. The number of piperazine rings is 1. The van der Waals surface area contributed by atoms with Gasteiger partial charge in [-0.1, -0.05) is 17.7 Å². The van der Waals surface area contributed by atoms with Crippen LogP contribution in [-0.4, -0.2) is 52.9 Å². The van der Waals surface area contributed by atoms with Gasteiger partial charge in [0.25, 0.3) is 5.91 Å². The second kappa shape index (κ2) is 4.86. The van der Waals surface area contributed by atoms with E-state index in [2.05, 4.69) is 9.88 Å². The lowest BCUT2D eigenvalue weighted by Gasteiger charge is -2.37. The predicted octanol–water partition coefficient (Wildman–Crippen LogP) is 1.66. The minimum Gasteiger partial charge on any atom is -0.334 e. The highest BCUT2D eigenvalue weighted by atomic mass is 35.5. The Balaban J connectivity index is 1.73. The quantitative estimate of drug-likeness (QED) is 0.725. The smallest absolute Gasteiger partial charge is 0.272 e. The van der Waals surface area contributed by atoms with Gasteiger partial charge in [-0.15, -0.1) is 0 Å². The van der Waals surface area contributed by atoms with E-state index in [4.69, 9.17) is 11.6 Å². The van der Waals surface area contributed by atoms with Gasteiger partial charge in [0.15, 0.2) is 0 Å². The van der Waals surface area contributed by atoms with Crippen LogP contribution in [0.5, 0.6) is 0 Å².